The van der Waals surface area contributed by atoms with E-state index in [9.17, 15) is 0 Å². The minimum Gasteiger partial charge on any atom is -0.497 e. The third-order valence-corrected chi connectivity index (χ3v) is 4.22. The molecule has 6 nitrogen and oxygen atoms in total. The highest BCUT2D eigenvalue weighted by atomic mass is 16.5. The fourth-order valence-electron chi connectivity index (χ4n) is 3.02. The number of rotatable bonds is 3. The van der Waals surface area contributed by atoms with E-state index in [0.717, 1.165) is 23.7 Å². The molecule has 1 N–H and O–H groups in total. The van der Waals surface area contributed by atoms with Gasteiger partial charge in [-0.3, -0.25) is 4.98 Å². The maximum Gasteiger partial charge on any atom is 0.222 e. The lowest BCUT2D eigenvalue weighted by atomic mass is 9.94. The summed E-state index contributed by atoms with van der Waals surface area (Å²) in [7, 11) is 1.67. The summed E-state index contributed by atoms with van der Waals surface area (Å²) in [6.07, 6.45) is 6.16. The van der Waals surface area contributed by atoms with E-state index in [1.54, 1.807) is 19.6 Å². The summed E-state index contributed by atoms with van der Waals surface area (Å²) in [4.78, 5) is 8.56. The molecule has 3 heterocycles. The van der Waals surface area contributed by atoms with Gasteiger partial charge in [-0.25, -0.2) is 4.68 Å². The molecule has 1 aliphatic rings. The fraction of sp³-hybridized carbons (Fsp3) is 0.235. The van der Waals surface area contributed by atoms with Crippen molar-refractivity contribution in [3.05, 3.63) is 66.2 Å². The second-order valence-corrected chi connectivity index (χ2v) is 5.54. The van der Waals surface area contributed by atoms with Crippen molar-refractivity contribution in [1.29, 1.82) is 0 Å². The molecule has 2 aromatic heterocycles. The fourth-order valence-corrected chi connectivity index (χ4v) is 3.02. The molecule has 116 valence electrons. The number of nitrogens with zero attached hydrogens (tertiary/aromatic N) is 4. The number of ether oxygens (including phenoxy) is 1. The molecule has 0 saturated heterocycles. The van der Waals surface area contributed by atoms with Crippen molar-refractivity contribution < 1.29 is 4.74 Å². The van der Waals surface area contributed by atoms with Crippen molar-refractivity contribution in [3.8, 4) is 5.75 Å². The Hall–Kier alpha value is -2.89. The Kier molecular flexibility index (Phi) is 3.42. The number of hydrogen-bond acceptors (Lipinski definition) is 5. The van der Waals surface area contributed by atoms with Gasteiger partial charge in [-0.1, -0.05) is 18.2 Å². The Labute approximate surface area is 134 Å². The van der Waals surface area contributed by atoms with E-state index >= 15 is 0 Å². The summed E-state index contributed by atoms with van der Waals surface area (Å²) in [6.45, 7) is 0. The van der Waals surface area contributed by atoms with Crippen molar-refractivity contribution >= 4 is 5.95 Å². The summed E-state index contributed by atoms with van der Waals surface area (Å²) in [6, 6.07) is 12.5. The standard InChI is InChI=1S/C17H17N5O/c1-23-14-6-4-12(5-7-14)16-9-15(13-3-2-8-18-10-13)21-17-19-11-20-22(16)17/h2-8,10-11,15-16H,9H2,1H3,(H,19,20,21)/t15-,16+/m0/s1. The van der Waals surface area contributed by atoms with Gasteiger partial charge in [0.2, 0.25) is 5.95 Å². The Morgan fingerprint density at radius 1 is 1.17 bits per heavy atom. The van der Waals surface area contributed by atoms with Crippen LogP contribution in [0.2, 0.25) is 0 Å². The van der Waals surface area contributed by atoms with Gasteiger partial charge in [-0.15, -0.1) is 0 Å². The molecule has 0 spiro atoms. The Bertz CT molecular complexity index is 784. The summed E-state index contributed by atoms with van der Waals surface area (Å²) in [5.41, 5.74) is 2.34. The lowest BCUT2D eigenvalue weighted by Crippen LogP contribution is -2.28. The van der Waals surface area contributed by atoms with Crippen LogP contribution in [-0.4, -0.2) is 26.9 Å². The minimum atomic E-state index is 0.130. The number of benzene rings is 1. The molecule has 0 bridgehead atoms. The largest absolute Gasteiger partial charge is 0.497 e. The Balaban J connectivity index is 1.70. The molecule has 2 atom stereocenters. The maximum atomic E-state index is 5.25. The van der Waals surface area contributed by atoms with Crippen LogP contribution in [0.15, 0.2) is 55.1 Å². The zero-order valence-corrected chi connectivity index (χ0v) is 12.8. The maximum absolute atomic E-state index is 5.25. The highest BCUT2D eigenvalue weighted by Gasteiger charge is 2.29. The first kappa shape index (κ1) is 13.8. The van der Waals surface area contributed by atoms with E-state index in [4.69, 9.17) is 4.74 Å². The van der Waals surface area contributed by atoms with Crippen LogP contribution in [0.3, 0.4) is 0 Å². The van der Waals surface area contributed by atoms with Gasteiger partial charge in [-0.05, 0) is 35.7 Å². The first-order chi connectivity index (χ1) is 11.3. The first-order valence-electron chi connectivity index (χ1n) is 7.55. The number of methoxy groups -OCH3 is 1. The molecule has 0 fully saturated rings. The number of fused-ring (bicyclic) bond motifs is 1. The van der Waals surface area contributed by atoms with Gasteiger partial charge < -0.3 is 10.1 Å². The monoisotopic (exact) mass is 307 g/mol. The van der Waals surface area contributed by atoms with Crippen LogP contribution < -0.4 is 10.1 Å². The van der Waals surface area contributed by atoms with Crippen LogP contribution in [0.5, 0.6) is 5.75 Å². The van der Waals surface area contributed by atoms with Crippen LogP contribution in [0.1, 0.15) is 29.6 Å². The van der Waals surface area contributed by atoms with Gasteiger partial charge in [0.05, 0.1) is 19.2 Å². The molecule has 0 radical (unpaired) electrons. The molecule has 1 aliphatic heterocycles. The number of hydrogen-bond donors (Lipinski definition) is 1. The molecule has 4 rings (SSSR count). The number of nitrogens with one attached hydrogen (secondary N) is 1. The number of anilines is 1. The van der Waals surface area contributed by atoms with Gasteiger partial charge in [0.1, 0.15) is 12.1 Å². The second-order valence-electron chi connectivity index (χ2n) is 5.54. The summed E-state index contributed by atoms with van der Waals surface area (Å²) < 4.78 is 7.19. The molecule has 1 aromatic carbocycles. The molecule has 0 amide bonds. The topological polar surface area (TPSA) is 64.9 Å². The molecular formula is C17H17N5O. The molecule has 0 aliphatic carbocycles. The van der Waals surface area contributed by atoms with E-state index in [-0.39, 0.29) is 12.1 Å². The first-order valence-corrected chi connectivity index (χ1v) is 7.55. The normalized spacial score (nSPS) is 19.7. The third kappa shape index (κ3) is 2.52. The number of pyridine rings is 1. The van der Waals surface area contributed by atoms with Crippen molar-refractivity contribution in [1.82, 2.24) is 19.7 Å². The molecular weight excluding hydrogens is 290 g/mol. The lowest BCUT2D eigenvalue weighted by molar-refractivity contribution is 0.411. The highest BCUT2D eigenvalue weighted by Crippen LogP contribution is 2.37. The van der Waals surface area contributed by atoms with Gasteiger partial charge in [0.15, 0.2) is 0 Å². The SMILES string of the molecule is COc1ccc([C@H]2C[C@@H](c3cccnc3)Nc3ncnn32)cc1. The van der Waals surface area contributed by atoms with E-state index in [2.05, 4.69) is 38.6 Å². The predicted octanol–water partition coefficient (Wildman–Crippen LogP) is 2.83. The molecule has 0 unspecified atom stereocenters. The minimum absolute atomic E-state index is 0.130. The van der Waals surface area contributed by atoms with Crippen LogP contribution in [0, 0.1) is 0 Å². The molecule has 0 saturated carbocycles. The van der Waals surface area contributed by atoms with E-state index in [1.807, 2.05) is 29.1 Å². The molecule has 23 heavy (non-hydrogen) atoms. The quantitative estimate of drug-likeness (QED) is 0.806. The van der Waals surface area contributed by atoms with Crippen molar-refractivity contribution in [2.45, 2.75) is 18.5 Å². The van der Waals surface area contributed by atoms with Crippen LogP contribution in [-0.2, 0) is 0 Å². The van der Waals surface area contributed by atoms with Gasteiger partial charge in [0, 0.05) is 12.4 Å². The van der Waals surface area contributed by atoms with E-state index in [0.29, 0.717) is 0 Å². The average molecular weight is 307 g/mol. The highest BCUT2D eigenvalue weighted by molar-refractivity contribution is 5.38. The lowest BCUT2D eigenvalue weighted by Gasteiger charge is -2.31. The van der Waals surface area contributed by atoms with Crippen molar-refractivity contribution in [2.24, 2.45) is 0 Å². The third-order valence-electron chi connectivity index (χ3n) is 4.22. The van der Waals surface area contributed by atoms with Crippen molar-refractivity contribution in [2.75, 3.05) is 12.4 Å². The zero-order valence-electron chi connectivity index (χ0n) is 12.8. The van der Waals surface area contributed by atoms with Gasteiger partial charge in [0.25, 0.3) is 0 Å². The molecule has 6 heteroatoms. The second kappa shape index (κ2) is 5.72. The van der Waals surface area contributed by atoms with Crippen molar-refractivity contribution in [3.63, 3.8) is 0 Å². The Morgan fingerprint density at radius 2 is 2.04 bits per heavy atom. The smallest absolute Gasteiger partial charge is 0.222 e. The average Bonchev–Trinajstić information content (AvgIpc) is 3.10. The van der Waals surface area contributed by atoms with E-state index < -0.39 is 0 Å². The van der Waals surface area contributed by atoms with Crippen LogP contribution in [0.25, 0.3) is 0 Å². The molecule has 3 aromatic rings. The zero-order chi connectivity index (χ0) is 15.6. The summed E-state index contributed by atoms with van der Waals surface area (Å²) in [5, 5.41) is 7.82. The number of aromatic nitrogens is 4. The van der Waals surface area contributed by atoms with Crippen LogP contribution in [0.4, 0.5) is 5.95 Å². The summed E-state index contributed by atoms with van der Waals surface area (Å²) >= 11 is 0. The summed E-state index contributed by atoms with van der Waals surface area (Å²) in [5.74, 6) is 1.64. The van der Waals surface area contributed by atoms with Gasteiger partial charge >= 0.3 is 0 Å². The van der Waals surface area contributed by atoms with Crippen LogP contribution >= 0.6 is 0 Å². The van der Waals surface area contributed by atoms with Gasteiger partial charge in [-0.2, -0.15) is 10.1 Å². The van der Waals surface area contributed by atoms with E-state index in [1.165, 1.54) is 5.56 Å². The Morgan fingerprint density at radius 3 is 2.78 bits per heavy atom. The predicted molar refractivity (Wildman–Crippen MR) is 86.4 cm³/mol.